The number of hydrogen-bond acceptors (Lipinski definition) is 5. The van der Waals surface area contributed by atoms with Crippen LogP contribution in [0.1, 0.15) is 45.1 Å². The number of rotatable bonds is 9. The SMILES string of the molecule is CCN(CC)C(=O)C1CCCN(C(=O)CC2(c3cccc(F)c3)CC(=O)N(CCN(C)C)C2=O)C1. The Kier molecular flexibility index (Phi) is 8.64. The Hall–Kier alpha value is -2.81. The minimum absolute atomic E-state index is 0.0364. The molecule has 2 heterocycles. The van der Waals surface area contributed by atoms with Crippen molar-refractivity contribution in [1.29, 1.82) is 0 Å². The van der Waals surface area contributed by atoms with Gasteiger partial charge >= 0.3 is 0 Å². The topological polar surface area (TPSA) is 81.2 Å². The molecule has 9 heteroatoms. The van der Waals surface area contributed by atoms with E-state index in [0.717, 1.165) is 0 Å². The summed E-state index contributed by atoms with van der Waals surface area (Å²) in [4.78, 5) is 59.5. The molecule has 2 aliphatic heterocycles. The lowest BCUT2D eigenvalue weighted by molar-refractivity contribution is -0.145. The van der Waals surface area contributed by atoms with Crippen LogP contribution >= 0.6 is 0 Å². The van der Waals surface area contributed by atoms with Crippen molar-refractivity contribution >= 4 is 23.6 Å². The van der Waals surface area contributed by atoms with Gasteiger partial charge in [0, 0.05) is 52.1 Å². The second kappa shape index (κ2) is 11.3. The van der Waals surface area contributed by atoms with Gasteiger partial charge < -0.3 is 14.7 Å². The molecule has 0 aromatic heterocycles. The molecule has 1 aromatic carbocycles. The Morgan fingerprint density at radius 1 is 1.17 bits per heavy atom. The second-order valence-electron chi connectivity index (χ2n) is 9.79. The molecule has 1 aromatic rings. The first kappa shape index (κ1) is 26.8. The van der Waals surface area contributed by atoms with Crippen LogP contribution in [0.2, 0.25) is 0 Å². The maximum absolute atomic E-state index is 14.2. The number of amides is 4. The zero-order valence-electron chi connectivity index (χ0n) is 21.3. The molecule has 2 saturated heterocycles. The van der Waals surface area contributed by atoms with Crippen molar-refractivity contribution < 1.29 is 23.6 Å². The molecule has 3 rings (SSSR count). The van der Waals surface area contributed by atoms with Crippen molar-refractivity contribution in [3.63, 3.8) is 0 Å². The maximum atomic E-state index is 14.2. The summed E-state index contributed by atoms with van der Waals surface area (Å²) in [5.74, 6) is -1.88. The van der Waals surface area contributed by atoms with Gasteiger partial charge in [-0.2, -0.15) is 0 Å². The quantitative estimate of drug-likeness (QED) is 0.496. The summed E-state index contributed by atoms with van der Waals surface area (Å²) in [5, 5.41) is 0. The van der Waals surface area contributed by atoms with E-state index in [0.29, 0.717) is 51.1 Å². The fourth-order valence-corrected chi connectivity index (χ4v) is 5.15. The van der Waals surface area contributed by atoms with Gasteiger partial charge in [-0.05, 0) is 58.5 Å². The number of carbonyl (C=O) groups is 4. The van der Waals surface area contributed by atoms with Gasteiger partial charge in [-0.3, -0.25) is 24.1 Å². The Balaban J connectivity index is 1.86. The highest BCUT2D eigenvalue weighted by Crippen LogP contribution is 2.41. The van der Waals surface area contributed by atoms with Crippen LogP contribution in [0.5, 0.6) is 0 Å². The maximum Gasteiger partial charge on any atom is 0.240 e. The summed E-state index contributed by atoms with van der Waals surface area (Å²) in [7, 11) is 3.70. The molecule has 2 aliphatic rings. The number of likely N-dealkylation sites (N-methyl/N-ethyl adjacent to an activating group) is 1. The molecule has 0 radical (unpaired) electrons. The van der Waals surface area contributed by atoms with Crippen LogP contribution in [0.4, 0.5) is 4.39 Å². The Bertz CT molecular complexity index is 964. The normalized spacial score (nSPS) is 22.7. The van der Waals surface area contributed by atoms with E-state index in [9.17, 15) is 23.6 Å². The van der Waals surface area contributed by atoms with Gasteiger partial charge in [-0.1, -0.05) is 12.1 Å². The lowest BCUT2D eigenvalue weighted by Crippen LogP contribution is -2.49. The van der Waals surface area contributed by atoms with Crippen molar-refractivity contribution in [2.24, 2.45) is 5.92 Å². The minimum Gasteiger partial charge on any atom is -0.343 e. The summed E-state index contributed by atoms with van der Waals surface area (Å²) in [6.07, 6.45) is 0.998. The van der Waals surface area contributed by atoms with Crippen molar-refractivity contribution in [3.8, 4) is 0 Å². The lowest BCUT2D eigenvalue weighted by Gasteiger charge is -2.36. The molecule has 4 amide bonds. The molecule has 2 fully saturated rings. The number of likely N-dealkylation sites (tertiary alicyclic amines) is 2. The minimum atomic E-state index is -1.45. The van der Waals surface area contributed by atoms with E-state index in [4.69, 9.17) is 0 Å². The molecule has 35 heavy (non-hydrogen) atoms. The van der Waals surface area contributed by atoms with E-state index in [2.05, 4.69) is 0 Å². The monoisotopic (exact) mass is 488 g/mol. The van der Waals surface area contributed by atoms with Gasteiger partial charge in [0.05, 0.1) is 11.3 Å². The number of nitrogens with zero attached hydrogens (tertiary/aromatic N) is 4. The molecule has 2 atom stereocenters. The van der Waals surface area contributed by atoms with Crippen LogP contribution < -0.4 is 0 Å². The molecule has 192 valence electrons. The van der Waals surface area contributed by atoms with E-state index in [-0.39, 0.29) is 43.0 Å². The van der Waals surface area contributed by atoms with E-state index >= 15 is 0 Å². The first-order valence-electron chi connectivity index (χ1n) is 12.4. The third kappa shape index (κ3) is 5.72. The zero-order chi connectivity index (χ0) is 25.8. The van der Waals surface area contributed by atoms with Gasteiger partial charge in [0.1, 0.15) is 5.82 Å². The summed E-state index contributed by atoms with van der Waals surface area (Å²) in [6, 6.07) is 5.63. The number of piperidine rings is 1. The average molecular weight is 489 g/mol. The molecular formula is C26H37FN4O4. The molecule has 8 nitrogen and oxygen atoms in total. The van der Waals surface area contributed by atoms with E-state index in [1.165, 1.54) is 23.1 Å². The third-order valence-electron chi connectivity index (χ3n) is 7.21. The van der Waals surface area contributed by atoms with Gasteiger partial charge in [0.2, 0.25) is 23.6 Å². The van der Waals surface area contributed by atoms with E-state index in [1.54, 1.807) is 15.9 Å². The number of carbonyl (C=O) groups excluding carboxylic acids is 4. The van der Waals surface area contributed by atoms with Crippen molar-refractivity contribution in [3.05, 3.63) is 35.6 Å². The Morgan fingerprint density at radius 3 is 2.51 bits per heavy atom. The first-order valence-corrected chi connectivity index (χ1v) is 12.4. The number of benzene rings is 1. The van der Waals surface area contributed by atoms with E-state index < -0.39 is 17.1 Å². The van der Waals surface area contributed by atoms with Gasteiger partial charge in [-0.15, -0.1) is 0 Å². The van der Waals surface area contributed by atoms with Crippen LogP contribution in [0.3, 0.4) is 0 Å². The van der Waals surface area contributed by atoms with Gasteiger partial charge in [0.25, 0.3) is 0 Å². The van der Waals surface area contributed by atoms with Crippen LogP contribution in [-0.2, 0) is 24.6 Å². The number of hydrogen-bond donors (Lipinski definition) is 0. The van der Waals surface area contributed by atoms with Gasteiger partial charge in [-0.25, -0.2) is 4.39 Å². The first-order chi connectivity index (χ1) is 16.6. The lowest BCUT2D eigenvalue weighted by atomic mass is 9.75. The van der Waals surface area contributed by atoms with Crippen molar-refractivity contribution in [2.75, 3.05) is 53.4 Å². The van der Waals surface area contributed by atoms with Crippen molar-refractivity contribution in [1.82, 2.24) is 19.6 Å². The highest BCUT2D eigenvalue weighted by atomic mass is 19.1. The van der Waals surface area contributed by atoms with E-state index in [1.807, 2.05) is 32.8 Å². The predicted octanol–water partition coefficient (Wildman–Crippen LogP) is 1.88. The summed E-state index contributed by atoms with van der Waals surface area (Å²) < 4.78 is 14.2. The number of imide groups is 1. The Labute approximate surface area is 207 Å². The smallest absolute Gasteiger partial charge is 0.240 e. The highest BCUT2D eigenvalue weighted by molar-refractivity contribution is 6.10. The van der Waals surface area contributed by atoms with Crippen LogP contribution in [0, 0.1) is 11.7 Å². The van der Waals surface area contributed by atoms with Crippen LogP contribution in [0.15, 0.2) is 24.3 Å². The fraction of sp³-hybridized carbons (Fsp3) is 0.615. The molecule has 0 N–H and O–H groups in total. The molecule has 0 saturated carbocycles. The molecule has 0 bridgehead atoms. The van der Waals surface area contributed by atoms with Crippen LogP contribution in [-0.4, -0.2) is 96.6 Å². The zero-order valence-corrected chi connectivity index (χ0v) is 21.3. The summed E-state index contributed by atoms with van der Waals surface area (Å²) in [6.45, 7) is 6.57. The molecule has 2 unspecified atom stereocenters. The summed E-state index contributed by atoms with van der Waals surface area (Å²) >= 11 is 0. The fourth-order valence-electron chi connectivity index (χ4n) is 5.15. The van der Waals surface area contributed by atoms with Crippen LogP contribution in [0.25, 0.3) is 0 Å². The Morgan fingerprint density at radius 2 is 1.89 bits per heavy atom. The number of halogens is 1. The summed E-state index contributed by atoms with van der Waals surface area (Å²) in [5.41, 5.74) is -1.11. The second-order valence-corrected chi connectivity index (χ2v) is 9.79. The molecule has 0 spiro atoms. The largest absolute Gasteiger partial charge is 0.343 e. The molecule has 0 aliphatic carbocycles. The standard InChI is InChI=1S/C26H37FN4O4/c1-5-29(6-2)24(34)19-9-8-12-30(18-19)22(32)16-26(20-10-7-11-21(27)15-20)17-23(33)31(25(26)35)14-13-28(3)4/h7,10-11,15,19H,5-6,8-9,12-14,16-18H2,1-4H3. The highest BCUT2D eigenvalue weighted by Gasteiger charge is 2.54. The predicted molar refractivity (Wildman–Crippen MR) is 130 cm³/mol. The average Bonchev–Trinajstić information content (AvgIpc) is 3.07. The van der Waals surface area contributed by atoms with Crippen molar-refractivity contribution in [2.45, 2.75) is 44.9 Å². The third-order valence-corrected chi connectivity index (χ3v) is 7.21. The molecular weight excluding hydrogens is 451 g/mol. The van der Waals surface area contributed by atoms with Gasteiger partial charge in [0.15, 0.2) is 0 Å².